The zero-order chi connectivity index (χ0) is 32.0. The molecular formula is C37H50N4O4. The number of hydrogen-bond donors (Lipinski definition) is 3. The third-order valence-corrected chi connectivity index (χ3v) is 8.32. The topological polar surface area (TPSA) is 94.1 Å². The number of carbonyl (C=O) groups excluding carboxylic acids is 2. The Morgan fingerprint density at radius 2 is 1.58 bits per heavy atom. The molecule has 1 saturated heterocycles. The molecule has 0 aromatic heterocycles. The lowest BCUT2D eigenvalue weighted by Crippen LogP contribution is -2.48. The van der Waals surface area contributed by atoms with E-state index in [1.807, 2.05) is 71.6 Å². The molecule has 4 rings (SSSR count). The predicted octanol–water partition coefficient (Wildman–Crippen LogP) is 5.44. The summed E-state index contributed by atoms with van der Waals surface area (Å²) in [5.74, 6) is 0.434. The largest absolute Gasteiger partial charge is 0.497 e. The molecule has 0 radical (unpaired) electrons. The molecule has 1 fully saturated rings. The Morgan fingerprint density at radius 1 is 0.889 bits per heavy atom. The number of rotatable bonds is 16. The highest BCUT2D eigenvalue weighted by Crippen LogP contribution is 2.25. The van der Waals surface area contributed by atoms with Gasteiger partial charge in [-0.3, -0.25) is 9.59 Å². The van der Waals surface area contributed by atoms with E-state index in [2.05, 4.69) is 29.4 Å². The van der Waals surface area contributed by atoms with Crippen LogP contribution in [0.15, 0.2) is 72.8 Å². The van der Waals surface area contributed by atoms with Gasteiger partial charge in [0.2, 0.25) is 0 Å². The van der Waals surface area contributed by atoms with Crippen LogP contribution in [0.2, 0.25) is 0 Å². The number of nitrogens with zero attached hydrogens (tertiary/aromatic N) is 2. The second-order valence-electron chi connectivity index (χ2n) is 11.9. The van der Waals surface area contributed by atoms with Crippen LogP contribution in [0.4, 0.5) is 5.69 Å². The zero-order valence-electron chi connectivity index (χ0n) is 27.1. The van der Waals surface area contributed by atoms with Crippen molar-refractivity contribution in [1.29, 1.82) is 0 Å². The summed E-state index contributed by atoms with van der Waals surface area (Å²) < 4.78 is 5.33. The molecule has 45 heavy (non-hydrogen) atoms. The van der Waals surface area contributed by atoms with E-state index < -0.39 is 12.1 Å². The van der Waals surface area contributed by atoms with E-state index in [0.717, 1.165) is 61.3 Å². The number of nitrogens with one attached hydrogen (secondary N) is 2. The second kappa shape index (κ2) is 17.6. The Bertz CT molecular complexity index is 1350. The first-order valence-electron chi connectivity index (χ1n) is 16.5. The number of methoxy groups -OCH3 is 1. The van der Waals surface area contributed by atoms with Crippen LogP contribution in [-0.4, -0.2) is 73.8 Å². The Kier molecular flexibility index (Phi) is 13.3. The lowest BCUT2D eigenvalue weighted by molar-refractivity contribution is 0.0755. The summed E-state index contributed by atoms with van der Waals surface area (Å²) in [4.78, 5) is 31.8. The number of carbonyl (C=O) groups is 2. The zero-order valence-corrected chi connectivity index (χ0v) is 27.1. The van der Waals surface area contributed by atoms with Gasteiger partial charge in [-0.25, -0.2) is 0 Å². The molecule has 3 aromatic rings. The summed E-state index contributed by atoms with van der Waals surface area (Å²) in [5, 5.41) is 17.8. The fourth-order valence-electron chi connectivity index (χ4n) is 5.93. The van der Waals surface area contributed by atoms with Crippen LogP contribution in [-0.2, 0) is 13.0 Å². The second-order valence-corrected chi connectivity index (χ2v) is 11.9. The number of benzene rings is 3. The van der Waals surface area contributed by atoms with Crippen molar-refractivity contribution in [2.45, 2.75) is 71.1 Å². The van der Waals surface area contributed by atoms with E-state index in [0.29, 0.717) is 37.2 Å². The van der Waals surface area contributed by atoms with Crippen molar-refractivity contribution in [3.8, 4) is 5.75 Å². The Balaban J connectivity index is 1.56. The van der Waals surface area contributed by atoms with Crippen LogP contribution in [0.25, 0.3) is 0 Å². The van der Waals surface area contributed by atoms with Gasteiger partial charge in [-0.15, -0.1) is 0 Å². The third kappa shape index (κ3) is 10.1. The van der Waals surface area contributed by atoms with Crippen molar-refractivity contribution in [3.63, 3.8) is 0 Å². The van der Waals surface area contributed by atoms with Gasteiger partial charge in [0, 0.05) is 56.1 Å². The van der Waals surface area contributed by atoms with E-state index in [9.17, 15) is 14.7 Å². The van der Waals surface area contributed by atoms with E-state index in [1.54, 1.807) is 13.2 Å². The smallest absolute Gasteiger partial charge is 0.253 e. The van der Waals surface area contributed by atoms with Gasteiger partial charge >= 0.3 is 0 Å². The lowest BCUT2D eigenvalue weighted by Gasteiger charge is -2.30. The molecule has 242 valence electrons. The number of ether oxygens (including phenoxy) is 1. The van der Waals surface area contributed by atoms with Crippen molar-refractivity contribution in [3.05, 3.63) is 95.1 Å². The molecule has 1 aliphatic rings. The van der Waals surface area contributed by atoms with Crippen molar-refractivity contribution >= 4 is 17.5 Å². The van der Waals surface area contributed by atoms with Crippen LogP contribution in [0.1, 0.15) is 77.8 Å². The van der Waals surface area contributed by atoms with Crippen molar-refractivity contribution in [1.82, 2.24) is 15.5 Å². The molecule has 2 amide bonds. The highest BCUT2D eigenvalue weighted by atomic mass is 16.5. The Morgan fingerprint density at radius 3 is 2.27 bits per heavy atom. The number of anilines is 1. The van der Waals surface area contributed by atoms with Gasteiger partial charge in [0.1, 0.15) is 5.75 Å². The van der Waals surface area contributed by atoms with E-state index in [4.69, 9.17) is 4.74 Å². The minimum Gasteiger partial charge on any atom is -0.497 e. The summed E-state index contributed by atoms with van der Waals surface area (Å²) in [6.07, 6.45) is 4.72. The lowest BCUT2D eigenvalue weighted by atomic mass is 9.99. The molecule has 2 atom stereocenters. The highest BCUT2D eigenvalue weighted by molar-refractivity contribution is 6.01. The molecule has 0 unspecified atom stereocenters. The van der Waals surface area contributed by atoms with Crippen molar-refractivity contribution in [2.75, 3.05) is 44.7 Å². The predicted molar refractivity (Wildman–Crippen MR) is 181 cm³/mol. The van der Waals surface area contributed by atoms with Gasteiger partial charge in [0.25, 0.3) is 11.8 Å². The molecule has 0 aliphatic carbocycles. The molecule has 3 aromatic carbocycles. The molecular weight excluding hydrogens is 564 g/mol. The fraction of sp³-hybridized carbons (Fsp3) is 0.459. The summed E-state index contributed by atoms with van der Waals surface area (Å²) in [6.45, 7) is 8.14. The average Bonchev–Trinajstić information content (AvgIpc) is 3.08. The monoisotopic (exact) mass is 614 g/mol. The molecule has 3 N–H and O–H groups in total. The van der Waals surface area contributed by atoms with E-state index >= 15 is 0 Å². The molecule has 8 heteroatoms. The molecule has 0 saturated carbocycles. The summed E-state index contributed by atoms with van der Waals surface area (Å²) in [7, 11) is 1.64. The first-order chi connectivity index (χ1) is 21.9. The van der Waals surface area contributed by atoms with Gasteiger partial charge in [-0.1, -0.05) is 56.3 Å². The van der Waals surface area contributed by atoms with Crippen LogP contribution in [0.3, 0.4) is 0 Å². The first-order valence-corrected chi connectivity index (χ1v) is 16.5. The van der Waals surface area contributed by atoms with E-state index in [1.165, 1.54) is 6.42 Å². The first kappa shape index (κ1) is 34.0. The maximum Gasteiger partial charge on any atom is 0.253 e. The molecule has 8 nitrogen and oxygen atoms in total. The number of aliphatic hydroxyl groups excluding tert-OH is 1. The number of aliphatic hydroxyl groups is 1. The quantitative estimate of drug-likeness (QED) is 0.199. The summed E-state index contributed by atoms with van der Waals surface area (Å²) in [6, 6.07) is 22.7. The van der Waals surface area contributed by atoms with Gasteiger partial charge in [-0.05, 0) is 80.0 Å². The van der Waals surface area contributed by atoms with Gasteiger partial charge in [0.05, 0.1) is 19.3 Å². The molecule has 1 heterocycles. The van der Waals surface area contributed by atoms with Crippen LogP contribution in [0.5, 0.6) is 5.75 Å². The van der Waals surface area contributed by atoms with Gasteiger partial charge in [0.15, 0.2) is 0 Å². The SMILES string of the molecule is CCCN(CCC)C(=O)c1cc(C(=O)N[C@@H](Cc2ccccc2)[C@H](O)CNCc2cccc(OC)c2)cc(N2CCCCC2)c1. The van der Waals surface area contributed by atoms with Crippen LogP contribution in [0, 0.1) is 0 Å². The highest BCUT2D eigenvalue weighted by Gasteiger charge is 2.25. The van der Waals surface area contributed by atoms with Crippen molar-refractivity contribution < 1.29 is 19.4 Å². The maximum absolute atomic E-state index is 13.9. The molecule has 0 bridgehead atoms. The normalized spacial score (nSPS) is 14.4. The average molecular weight is 615 g/mol. The molecule has 1 aliphatic heterocycles. The minimum atomic E-state index is -0.851. The van der Waals surface area contributed by atoms with Crippen molar-refractivity contribution in [2.24, 2.45) is 0 Å². The fourth-order valence-corrected chi connectivity index (χ4v) is 5.93. The van der Waals surface area contributed by atoms with E-state index in [-0.39, 0.29) is 18.4 Å². The number of piperidine rings is 1. The van der Waals surface area contributed by atoms with Crippen LogP contribution >= 0.6 is 0 Å². The number of amides is 2. The summed E-state index contributed by atoms with van der Waals surface area (Å²) >= 11 is 0. The number of hydrogen-bond acceptors (Lipinski definition) is 6. The standard InChI is InChI=1S/C37H50N4O4/c1-4-17-41(18-5-2)37(44)31-23-30(24-32(25-31)40-19-10-7-11-20-40)36(43)39-34(22-28-13-8-6-9-14-28)35(42)27-38-26-29-15-12-16-33(21-29)45-3/h6,8-9,12-16,21,23-25,34-35,38,42H,4-5,7,10-11,17-20,22,26-27H2,1-3H3,(H,39,43)/t34-,35+/m0/s1. The van der Waals surface area contributed by atoms with Gasteiger partial charge < -0.3 is 30.3 Å². The Hall–Kier alpha value is -3.88. The summed E-state index contributed by atoms with van der Waals surface area (Å²) in [5.41, 5.74) is 3.92. The maximum atomic E-state index is 13.9. The Labute approximate surface area is 268 Å². The minimum absolute atomic E-state index is 0.0470. The van der Waals surface area contributed by atoms with Crippen LogP contribution < -0.4 is 20.3 Å². The third-order valence-electron chi connectivity index (χ3n) is 8.32. The van der Waals surface area contributed by atoms with Gasteiger partial charge in [-0.2, -0.15) is 0 Å². The molecule has 0 spiro atoms.